The Labute approximate surface area is 103 Å². The second-order valence-corrected chi connectivity index (χ2v) is 4.64. The van der Waals surface area contributed by atoms with Crippen LogP contribution >= 0.6 is 0 Å². The summed E-state index contributed by atoms with van der Waals surface area (Å²) in [6, 6.07) is -1.14. The molecule has 0 bridgehead atoms. The molecule has 0 aliphatic heterocycles. The summed E-state index contributed by atoms with van der Waals surface area (Å²) < 4.78 is 0. The van der Waals surface area contributed by atoms with E-state index in [9.17, 15) is 9.59 Å². The number of urea groups is 1. The number of nitrogens with zero attached hydrogens (tertiary/aromatic N) is 1. The number of hydrogen-bond donors (Lipinski definition) is 2. The summed E-state index contributed by atoms with van der Waals surface area (Å²) in [5, 5.41) is 11.5. The molecule has 0 aliphatic rings. The maximum absolute atomic E-state index is 11.7. The van der Waals surface area contributed by atoms with Gasteiger partial charge in [0.25, 0.3) is 0 Å². The van der Waals surface area contributed by atoms with Crippen LogP contribution in [-0.4, -0.2) is 41.6 Å². The molecule has 0 aliphatic carbocycles. The Morgan fingerprint density at radius 1 is 1.29 bits per heavy atom. The van der Waals surface area contributed by atoms with Gasteiger partial charge < -0.3 is 15.3 Å². The summed E-state index contributed by atoms with van der Waals surface area (Å²) in [5.74, 6) is -1.12. The van der Waals surface area contributed by atoms with E-state index in [1.54, 1.807) is 20.9 Å². The third kappa shape index (κ3) is 6.14. The Morgan fingerprint density at radius 3 is 2.29 bits per heavy atom. The molecule has 17 heavy (non-hydrogen) atoms. The van der Waals surface area contributed by atoms with Gasteiger partial charge in [0, 0.05) is 13.6 Å². The summed E-state index contributed by atoms with van der Waals surface area (Å²) >= 11 is 0. The van der Waals surface area contributed by atoms with Crippen molar-refractivity contribution in [3.05, 3.63) is 0 Å². The maximum Gasteiger partial charge on any atom is 0.326 e. The molecular weight excluding hydrogens is 220 g/mol. The summed E-state index contributed by atoms with van der Waals surface area (Å²) in [5.41, 5.74) is 0. The first kappa shape index (κ1) is 15.7. The zero-order valence-corrected chi connectivity index (χ0v) is 11.2. The largest absolute Gasteiger partial charge is 0.480 e. The van der Waals surface area contributed by atoms with Gasteiger partial charge in [-0.15, -0.1) is 0 Å². The Hall–Kier alpha value is -1.26. The van der Waals surface area contributed by atoms with Crippen molar-refractivity contribution >= 4 is 12.0 Å². The van der Waals surface area contributed by atoms with Gasteiger partial charge in [-0.1, -0.05) is 33.6 Å². The third-order valence-corrected chi connectivity index (χ3v) is 2.66. The highest BCUT2D eigenvalue weighted by molar-refractivity contribution is 5.82. The molecule has 0 saturated heterocycles. The molecule has 0 aromatic carbocycles. The normalized spacial score (nSPS) is 12.3. The van der Waals surface area contributed by atoms with Gasteiger partial charge in [-0.2, -0.15) is 0 Å². The van der Waals surface area contributed by atoms with Crippen LogP contribution in [0.2, 0.25) is 0 Å². The van der Waals surface area contributed by atoms with E-state index < -0.39 is 12.0 Å². The molecule has 5 heteroatoms. The molecule has 0 heterocycles. The van der Waals surface area contributed by atoms with Crippen molar-refractivity contribution in [3.63, 3.8) is 0 Å². The summed E-state index contributed by atoms with van der Waals surface area (Å²) in [7, 11) is 1.68. The summed E-state index contributed by atoms with van der Waals surface area (Å²) in [4.78, 5) is 24.2. The summed E-state index contributed by atoms with van der Waals surface area (Å²) in [6.45, 7) is 6.30. The lowest BCUT2D eigenvalue weighted by molar-refractivity contribution is -0.140. The molecule has 0 aromatic rings. The molecule has 0 radical (unpaired) electrons. The number of hydrogen-bond acceptors (Lipinski definition) is 2. The maximum atomic E-state index is 11.7. The molecule has 0 spiro atoms. The van der Waals surface area contributed by atoms with Crippen LogP contribution in [0.5, 0.6) is 0 Å². The first-order chi connectivity index (χ1) is 7.90. The third-order valence-electron chi connectivity index (χ3n) is 2.66. The van der Waals surface area contributed by atoms with Gasteiger partial charge in [-0.05, 0) is 12.3 Å². The van der Waals surface area contributed by atoms with Gasteiger partial charge in [-0.3, -0.25) is 0 Å². The molecule has 0 aromatic heterocycles. The fourth-order valence-electron chi connectivity index (χ4n) is 1.46. The average molecular weight is 244 g/mol. The Bertz CT molecular complexity index is 254. The molecule has 0 rings (SSSR count). The quantitative estimate of drug-likeness (QED) is 0.672. The van der Waals surface area contributed by atoms with E-state index in [1.807, 2.05) is 0 Å². The monoisotopic (exact) mass is 244 g/mol. The van der Waals surface area contributed by atoms with Crippen LogP contribution in [0, 0.1) is 5.92 Å². The Balaban J connectivity index is 4.16. The van der Waals surface area contributed by atoms with E-state index in [0.29, 0.717) is 6.54 Å². The van der Waals surface area contributed by atoms with Crippen LogP contribution in [-0.2, 0) is 4.79 Å². The smallest absolute Gasteiger partial charge is 0.326 e. The van der Waals surface area contributed by atoms with Gasteiger partial charge >= 0.3 is 12.0 Å². The van der Waals surface area contributed by atoms with E-state index in [4.69, 9.17) is 5.11 Å². The fourth-order valence-corrected chi connectivity index (χ4v) is 1.46. The Morgan fingerprint density at radius 2 is 1.88 bits per heavy atom. The number of unbranched alkanes of at least 4 members (excludes halogenated alkanes) is 2. The number of carboxylic acid groups (broad SMARTS) is 1. The first-order valence-electron chi connectivity index (χ1n) is 6.14. The Kier molecular flexibility index (Phi) is 7.34. The molecular formula is C12H24N2O3. The van der Waals surface area contributed by atoms with Crippen LogP contribution in [0.25, 0.3) is 0 Å². The lowest BCUT2D eigenvalue weighted by atomic mass is 10.1. The van der Waals surface area contributed by atoms with Crippen LogP contribution in [0.3, 0.4) is 0 Å². The van der Waals surface area contributed by atoms with Crippen molar-refractivity contribution in [2.75, 3.05) is 13.6 Å². The minimum Gasteiger partial charge on any atom is -0.480 e. The van der Waals surface area contributed by atoms with E-state index >= 15 is 0 Å². The lowest BCUT2D eigenvalue weighted by Gasteiger charge is -2.23. The highest BCUT2D eigenvalue weighted by Crippen LogP contribution is 2.03. The van der Waals surface area contributed by atoms with Gasteiger partial charge in [-0.25, -0.2) is 9.59 Å². The van der Waals surface area contributed by atoms with Gasteiger partial charge in [0.1, 0.15) is 6.04 Å². The highest BCUT2D eigenvalue weighted by Gasteiger charge is 2.24. The van der Waals surface area contributed by atoms with Gasteiger partial charge in [0.05, 0.1) is 0 Å². The minimum atomic E-state index is -0.990. The lowest BCUT2D eigenvalue weighted by Crippen LogP contribution is -2.49. The average Bonchev–Trinajstić information content (AvgIpc) is 2.24. The molecule has 100 valence electrons. The first-order valence-corrected chi connectivity index (χ1v) is 6.14. The number of nitrogens with one attached hydrogen (secondary N) is 1. The number of carbonyl (C=O) groups is 2. The summed E-state index contributed by atoms with van der Waals surface area (Å²) in [6.07, 6.45) is 3.11. The van der Waals surface area contributed by atoms with Crippen molar-refractivity contribution in [3.8, 4) is 0 Å². The predicted octanol–water partition coefficient (Wildman–Crippen LogP) is 1.93. The number of rotatable bonds is 7. The van der Waals surface area contributed by atoms with Crippen LogP contribution in [0.1, 0.15) is 40.0 Å². The number of aliphatic carboxylic acids is 1. The fraction of sp³-hybridized carbons (Fsp3) is 0.833. The molecule has 2 amide bonds. The zero-order chi connectivity index (χ0) is 13.4. The standard InChI is InChI=1S/C12H24N2O3/c1-5-6-7-8-14(4)12(17)13-10(9(2)3)11(15)16/h9-10H,5-8H2,1-4H3,(H,13,17)(H,15,16)/t10-/m1/s1. The van der Waals surface area contributed by atoms with E-state index in [1.165, 1.54) is 4.90 Å². The van der Waals surface area contributed by atoms with Crippen molar-refractivity contribution in [1.29, 1.82) is 0 Å². The van der Waals surface area contributed by atoms with Gasteiger partial charge in [0.15, 0.2) is 0 Å². The van der Waals surface area contributed by atoms with Crippen molar-refractivity contribution in [1.82, 2.24) is 10.2 Å². The van der Waals surface area contributed by atoms with Crippen molar-refractivity contribution in [2.24, 2.45) is 5.92 Å². The van der Waals surface area contributed by atoms with Crippen molar-refractivity contribution in [2.45, 2.75) is 46.1 Å². The van der Waals surface area contributed by atoms with E-state index in [0.717, 1.165) is 19.3 Å². The molecule has 1 atom stereocenters. The molecule has 5 nitrogen and oxygen atoms in total. The van der Waals surface area contributed by atoms with Crippen LogP contribution in [0.15, 0.2) is 0 Å². The number of carbonyl (C=O) groups excluding carboxylic acids is 1. The van der Waals surface area contributed by atoms with Gasteiger partial charge in [0.2, 0.25) is 0 Å². The predicted molar refractivity (Wildman–Crippen MR) is 66.9 cm³/mol. The highest BCUT2D eigenvalue weighted by atomic mass is 16.4. The SMILES string of the molecule is CCCCCN(C)C(=O)N[C@@H](C(=O)O)C(C)C. The second kappa shape index (κ2) is 7.92. The van der Waals surface area contributed by atoms with E-state index in [-0.39, 0.29) is 11.9 Å². The van der Waals surface area contributed by atoms with Crippen LogP contribution < -0.4 is 5.32 Å². The second-order valence-electron chi connectivity index (χ2n) is 4.64. The van der Waals surface area contributed by atoms with Crippen LogP contribution in [0.4, 0.5) is 4.79 Å². The molecule has 0 unspecified atom stereocenters. The number of carboxylic acids is 1. The minimum absolute atomic E-state index is 0.125. The number of amides is 2. The molecule has 0 fully saturated rings. The molecule has 0 saturated carbocycles. The van der Waals surface area contributed by atoms with E-state index in [2.05, 4.69) is 12.2 Å². The zero-order valence-electron chi connectivity index (χ0n) is 11.2. The molecule has 2 N–H and O–H groups in total. The van der Waals surface area contributed by atoms with Crippen molar-refractivity contribution < 1.29 is 14.7 Å². The topological polar surface area (TPSA) is 69.6 Å².